The number of amides is 1. The average Bonchev–Trinajstić information content (AvgIpc) is 3.63. The van der Waals surface area contributed by atoms with Gasteiger partial charge in [-0.15, -0.1) is 0 Å². The smallest absolute Gasteiger partial charge is 0.293 e. The van der Waals surface area contributed by atoms with Crippen LogP contribution in [-0.4, -0.2) is 48.2 Å². The van der Waals surface area contributed by atoms with E-state index in [0.29, 0.717) is 37.8 Å². The van der Waals surface area contributed by atoms with Crippen molar-refractivity contribution < 1.29 is 36.2 Å². The number of alkyl halides is 4. The quantitative estimate of drug-likeness (QED) is 0.119. The highest BCUT2D eigenvalue weighted by molar-refractivity contribution is 6.37. The Hall–Kier alpha value is -5.11. The molecule has 1 unspecified atom stereocenters. The molecule has 0 aliphatic heterocycles. The van der Waals surface area contributed by atoms with E-state index in [2.05, 4.69) is 27.4 Å². The molecule has 2 aliphatic carbocycles. The molecule has 6 N–H and O–H groups in total. The summed E-state index contributed by atoms with van der Waals surface area (Å²) in [5.74, 6) is -2.58. The number of pyridine rings is 1. The predicted molar refractivity (Wildman–Crippen MR) is 178 cm³/mol. The Morgan fingerprint density at radius 2 is 1.83 bits per heavy atom. The van der Waals surface area contributed by atoms with Crippen molar-refractivity contribution >= 4 is 34.2 Å². The van der Waals surface area contributed by atoms with Gasteiger partial charge in [0.15, 0.2) is 5.82 Å². The summed E-state index contributed by atoms with van der Waals surface area (Å²) in [7, 11) is 1.63. The van der Waals surface area contributed by atoms with Gasteiger partial charge in [-0.3, -0.25) is 14.2 Å². The van der Waals surface area contributed by atoms with Crippen LogP contribution in [0.5, 0.6) is 0 Å². The second-order valence-electron chi connectivity index (χ2n) is 12.8. The number of rotatable bonds is 9. The highest BCUT2D eigenvalue weighted by Crippen LogP contribution is 2.68. The van der Waals surface area contributed by atoms with Crippen molar-refractivity contribution in [3.8, 4) is 23.0 Å². The van der Waals surface area contributed by atoms with Crippen molar-refractivity contribution in [3.05, 3.63) is 93.0 Å². The number of benzene rings is 2. The number of carbonyl (C=O) groups excluding carboxylic acids is 1. The average molecular weight is 743 g/mol. The van der Waals surface area contributed by atoms with Crippen LogP contribution in [0.1, 0.15) is 58.7 Å². The van der Waals surface area contributed by atoms with Gasteiger partial charge in [-0.25, -0.2) is 22.5 Å². The Labute approximate surface area is 296 Å². The molecule has 0 bridgehead atoms. The van der Waals surface area contributed by atoms with Gasteiger partial charge < -0.3 is 21.9 Å². The molecule has 1 amide bonds. The summed E-state index contributed by atoms with van der Waals surface area (Å²) < 4.78 is 89.5. The maximum atomic E-state index is 15.3. The zero-order valence-corrected chi connectivity index (χ0v) is 27.9. The van der Waals surface area contributed by atoms with Crippen molar-refractivity contribution in [2.24, 2.45) is 18.7 Å². The topological polar surface area (TPSA) is 150 Å². The first-order chi connectivity index (χ1) is 24.7. The molecule has 3 heterocycles. The van der Waals surface area contributed by atoms with Crippen LogP contribution < -0.4 is 16.8 Å². The predicted octanol–water partition coefficient (Wildman–Crippen LogP) is 5.26. The number of carbonyl (C=O) groups is 1. The number of aromatic nitrogens is 5. The fraction of sp³-hybridized carbons (Fsp3) is 0.314. The van der Waals surface area contributed by atoms with E-state index < -0.39 is 78.3 Å². The molecule has 0 radical (unpaired) electrons. The van der Waals surface area contributed by atoms with Gasteiger partial charge in [-0.1, -0.05) is 23.6 Å². The summed E-state index contributed by atoms with van der Waals surface area (Å²) in [6.45, 7) is -1.32. The third kappa shape index (κ3) is 6.22. The maximum Gasteiger partial charge on any atom is 0.293 e. The molecule has 5 aromatic rings. The summed E-state index contributed by atoms with van der Waals surface area (Å²) in [5.41, 5.74) is 11.8. The van der Waals surface area contributed by atoms with Crippen LogP contribution >= 0.6 is 11.6 Å². The minimum Gasteiger partial charge on any atom is -0.394 e. The van der Waals surface area contributed by atoms with E-state index in [0.717, 1.165) is 12.1 Å². The Kier molecular flexibility index (Phi) is 8.92. The van der Waals surface area contributed by atoms with Gasteiger partial charge in [0.25, 0.3) is 12.3 Å². The Balaban J connectivity index is 1.36. The second-order valence-corrected chi connectivity index (χ2v) is 13.2. The van der Waals surface area contributed by atoms with Crippen molar-refractivity contribution in [2.75, 3.05) is 12.3 Å². The summed E-state index contributed by atoms with van der Waals surface area (Å²) in [6, 6.07) is 7.02. The highest BCUT2D eigenvalue weighted by atomic mass is 35.5. The third-order valence-electron chi connectivity index (χ3n) is 9.25. The van der Waals surface area contributed by atoms with Gasteiger partial charge in [0, 0.05) is 35.7 Å². The molecule has 0 saturated heterocycles. The van der Waals surface area contributed by atoms with E-state index in [1.165, 1.54) is 4.68 Å². The number of anilines is 1. The monoisotopic (exact) mass is 742 g/mol. The van der Waals surface area contributed by atoms with Gasteiger partial charge in [-0.05, 0) is 60.6 Å². The van der Waals surface area contributed by atoms with Gasteiger partial charge in [0.2, 0.25) is 5.91 Å². The first kappa shape index (κ1) is 35.3. The molecule has 4 atom stereocenters. The molecule has 0 spiro atoms. The van der Waals surface area contributed by atoms with Crippen LogP contribution in [0.4, 0.5) is 32.2 Å². The number of nitrogens with zero attached hydrogens (tertiary/aromatic N) is 5. The number of aliphatic hydroxyl groups excluding tert-OH is 1. The van der Waals surface area contributed by atoms with Gasteiger partial charge >= 0.3 is 0 Å². The van der Waals surface area contributed by atoms with Crippen LogP contribution in [0.3, 0.4) is 0 Å². The van der Waals surface area contributed by atoms with E-state index in [-0.39, 0.29) is 41.2 Å². The first-order valence-corrected chi connectivity index (χ1v) is 16.4. The summed E-state index contributed by atoms with van der Waals surface area (Å²) in [5, 5.41) is 20.8. The standard InChI is InChI=1S/C35H29ClF6N8O2/c1-49-31-21(6-7-24(36)28(31)34(44)48-49)20-5-4-19(3-2-18(43)14-51)45-29(20)25(10-15-8-16(37)11-17(38)9-15)46-26(52)13-50-32-27(30(47-50)33(39)40)22-12-23(22)35(32,41)42/h4-9,11,18,22-23,25,33,51H,10,12-14,43H2,1H3,(H2,44,48)(H,46,52)/t18-,22+,23?,25+/m1/s1. The molecular weight excluding hydrogens is 714 g/mol. The zero-order chi connectivity index (χ0) is 37.2. The van der Waals surface area contributed by atoms with E-state index in [1.54, 1.807) is 31.3 Å². The maximum absolute atomic E-state index is 15.3. The third-order valence-corrected chi connectivity index (χ3v) is 9.56. The van der Waals surface area contributed by atoms with Crippen molar-refractivity contribution in [1.82, 2.24) is 29.9 Å². The molecule has 2 aromatic carbocycles. The first-order valence-electron chi connectivity index (χ1n) is 16.0. The SMILES string of the molecule is Cn1nc(N)c2c(Cl)ccc(-c3ccc(C#C[C@@H](N)CO)nc3[C@H](Cc3cc(F)cc(F)c3)NC(=O)Cn3nc(C(F)F)c4c3C(F)(F)C3C[C@H]43)c21. The van der Waals surface area contributed by atoms with E-state index in [4.69, 9.17) is 28.1 Å². The number of halogens is 7. The van der Waals surface area contributed by atoms with E-state index in [1.807, 2.05) is 0 Å². The van der Waals surface area contributed by atoms with Crippen molar-refractivity contribution in [3.63, 3.8) is 0 Å². The molecule has 52 heavy (non-hydrogen) atoms. The Morgan fingerprint density at radius 3 is 2.52 bits per heavy atom. The largest absolute Gasteiger partial charge is 0.394 e. The molecule has 17 heteroatoms. The van der Waals surface area contributed by atoms with Crippen LogP contribution in [0.25, 0.3) is 22.0 Å². The second kappa shape index (κ2) is 13.1. The molecule has 3 aromatic heterocycles. The minimum absolute atomic E-state index is 0.0427. The molecule has 270 valence electrons. The van der Waals surface area contributed by atoms with Crippen LogP contribution in [0.15, 0.2) is 42.5 Å². The number of aliphatic hydroxyl groups is 1. The van der Waals surface area contributed by atoms with E-state index >= 15 is 8.78 Å². The lowest BCUT2D eigenvalue weighted by molar-refractivity contribution is -0.123. The normalized spacial score (nSPS) is 18.1. The molecule has 2 aliphatic rings. The lowest BCUT2D eigenvalue weighted by Gasteiger charge is -2.23. The molecule has 10 nitrogen and oxygen atoms in total. The number of aryl methyl sites for hydroxylation is 1. The number of nitrogens with two attached hydrogens (primary N) is 2. The number of hydrogen-bond donors (Lipinski definition) is 4. The zero-order valence-electron chi connectivity index (χ0n) is 27.1. The van der Waals surface area contributed by atoms with Gasteiger partial charge in [-0.2, -0.15) is 19.0 Å². The summed E-state index contributed by atoms with van der Waals surface area (Å²) >= 11 is 6.49. The van der Waals surface area contributed by atoms with Gasteiger partial charge in [0.05, 0.1) is 40.3 Å². The van der Waals surface area contributed by atoms with Crippen LogP contribution in [0.2, 0.25) is 5.02 Å². The molecular formula is C35H29ClF6N8O2. The fourth-order valence-corrected chi connectivity index (χ4v) is 7.26. The molecule has 7 rings (SSSR count). The Morgan fingerprint density at radius 1 is 1.12 bits per heavy atom. The van der Waals surface area contributed by atoms with Gasteiger partial charge in [0.1, 0.15) is 35.3 Å². The number of nitrogen functional groups attached to an aromatic ring is 1. The van der Waals surface area contributed by atoms with E-state index in [9.17, 15) is 27.5 Å². The minimum atomic E-state index is -3.47. The lowest BCUT2D eigenvalue weighted by atomic mass is 9.93. The summed E-state index contributed by atoms with van der Waals surface area (Å²) in [6.07, 6.45) is -3.38. The Bertz CT molecular complexity index is 2300. The summed E-state index contributed by atoms with van der Waals surface area (Å²) in [4.78, 5) is 18.5. The van der Waals surface area contributed by atoms with Crippen LogP contribution in [-0.2, 0) is 30.7 Å². The molecule has 1 fully saturated rings. The highest BCUT2D eigenvalue weighted by Gasteiger charge is 2.67. The number of fused-ring (bicyclic) bond motifs is 4. The van der Waals surface area contributed by atoms with Crippen LogP contribution in [0, 0.1) is 29.4 Å². The lowest BCUT2D eigenvalue weighted by Crippen LogP contribution is -2.35. The fourth-order valence-electron chi connectivity index (χ4n) is 7.01. The molecule has 1 saturated carbocycles. The number of nitrogens with one attached hydrogen (secondary N) is 1. The van der Waals surface area contributed by atoms with Crippen molar-refractivity contribution in [1.29, 1.82) is 0 Å². The van der Waals surface area contributed by atoms with Crippen molar-refractivity contribution in [2.45, 2.75) is 49.7 Å². The number of hydrogen-bond acceptors (Lipinski definition) is 7.